The van der Waals surface area contributed by atoms with Gasteiger partial charge in [0.2, 0.25) is 5.91 Å². The predicted octanol–water partition coefficient (Wildman–Crippen LogP) is 8.29. The summed E-state index contributed by atoms with van der Waals surface area (Å²) in [5.41, 5.74) is -2.81. The Labute approximate surface area is 329 Å². The molecule has 0 saturated heterocycles. The zero-order valence-electron chi connectivity index (χ0n) is 30.2. The largest absolute Gasteiger partial charge is 0.377 e. The minimum atomic E-state index is -3.59. The molecule has 2 aliphatic carbocycles. The van der Waals surface area contributed by atoms with E-state index in [2.05, 4.69) is 37.1 Å². The summed E-state index contributed by atoms with van der Waals surface area (Å²) in [5.74, 6) is -5.47. The monoisotopic (exact) mass is 837 g/mol. The molecular weight excluding hydrogens is 806 g/mol. The van der Waals surface area contributed by atoms with Crippen LogP contribution in [0.4, 0.5) is 40.9 Å². The van der Waals surface area contributed by atoms with Crippen LogP contribution >= 0.6 is 23.5 Å². The van der Waals surface area contributed by atoms with E-state index in [9.17, 15) is 36.2 Å². The summed E-state index contributed by atoms with van der Waals surface area (Å²) in [6.07, 6.45) is -3.98. The van der Waals surface area contributed by atoms with E-state index >= 15 is 8.78 Å². The molecule has 0 radical (unpaired) electrons. The summed E-state index contributed by atoms with van der Waals surface area (Å²) >= 11 is 7.90. The number of carbonyl (C=O) groups excluding carboxylic acids is 1. The van der Waals surface area contributed by atoms with Crippen LogP contribution in [0.25, 0.3) is 22.0 Å². The van der Waals surface area contributed by atoms with Gasteiger partial charge in [0.05, 0.1) is 40.5 Å². The van der Waals surface area contributed by atoms with Crippen LogP contribution in [-0.2, 0) is 37.2 Å². The molecule has 0 spiro atoms. The highest BCUT2D eigenvalue weighted by Gasteiger charge is 2.55. The molecule has 19 heteroatoms. The molecule has 1 fully saturated rings. The number of nitrogens with one attached hydrogen (secondary N) is 2. The van der Waals surface area contributed by atoms with Crippen molar-refractivity contribution in [3.05, 3.63) is 93.0 Å². The number of hydrogen-bond acceptors (Lipinski definition) is 7. The number of anilines is 1. The average molecular weight is 838 g/mol. The Bertz CT molecular complexity index is 2450. The number of pyridine rings is 1. The number of halogens is 9. The number of amides is 1. The fourth-order valence-electron chi connectivity index (χ4n) is 7.48. The second kappa shape index (κ2) is 14.8. The first kappa shape index (κ1) is 40.3. The topological polar surface area (TPSA) is 110 Å². The molecule has 0 bridgehead atoms. The summed E-state index contributed by atoms with van der Waals surface area (Å²) in [5, 5.41) is 22.3. The van der Waals surface area contributed by atoms with Crippen molar-refractivity contribution in [1.82, 2.24) is 29.9 Å². The Kier molecular flexibility index (Phi) is 10.5. The molecule has 3 aromatic heterocycles. The van der Waals surface area contributed by atoms with E-state index in [1.165, 1.54) is 29.6 Å². The van der Waals surface area contributed by atoms with Crippen molar-refractivity contribution >= 4 is 46.2 Å². The quantitative estimate of drug-likeness (QED) is 0.0738. The smallest absolute Gasteiger partial charge is 0.292 e. The van der Waals surface area contributed by atoms with Gasteiger partial charge in [-0.15, -0.1) is 0 Å². The molecule has 1 saturated carbocycles. The molecular formula is C38H32ClF8N7O2S. The van der Waals surface area contributed by atoms with Crippen LogP contribution in [0.1, 0.15) is 66.1 Å². The fraction of sp³-hybridized carbons (Fsp3) is 0.368. The van der Waals surface area contributed by atoms with Crippen LogP contribution in [0.2, 0.25) is 5.02 Å². The van der Waals surface area contributed by atoms with E-state index in [1.54, 1.807) is 31.5 Å². The van der Waals surface area contributed by atoms with Gasteiger partial charge in [-0.3, -0.25) is 14.2 Å². The van der Waals surface area contributed by atoms with E-state index in [1.807, 2.05) is 0 Å². The number of alkyl halides is 6. The summed E-state index contributed by atoms with van der Waals surface area (Å²) in [7, 11) is 1.65. The highest BCUT2D eigenvalue weighted by molar-refractivity contribution is 7.99. The van der Waals surface area contributed by atoms with Crippen LogP contribution < -0.4 is 10.0 Å². The zero-order chi connectivity index (χ0) is 41.2. The van der Waals surface area contributed by atoms with Crippen molar-refractivity contribution in [1.29, 1.82) is 0 Å². The highest BCUT2D eigenvalue weighted by atomic mass is 35.5. The fourth-order valence-corrected chi connectivity index (χ4v) is 8.06. The standard InChI is InChI=1S/C38H32ClF8N7O2S/c1-18-10-25-31(34(42)43)50-54(33(25)38(18,46)47)15-28(55)49-27(13-19-11-20(40)14-21(41)12-19)30-23(5-4-22(48-30)8-9-36(56)16-37(44,45)17-36)24-6-7-26(39)29-32(24)53(2)51-35(29)52-57-3/h4-7,11-12,14,18,27,34,56H,10,13,15-17H2,1-3H3,(H,49,55)(H,51,52)/t18-,27+/m1/s1. The first-order chi connectivity index (χ1) is 26.8. The maximum Gasteiger partial charge on any atom is 0.292 e. The van der Waals surface area contributed by atoms with Crippen molar-refractivity contribution in [2.45, 2.75) is 69.1 Å². The van der Waals surface area contributed by atoms with Gasteiger partial charge in [0.1, 0.15) is 40.9 Å². The number of aryl methyl sites for hydroxylation is 1. The second-order valence-corrected chi connectivity index (χ2v) is 15.2. The van der Waals surface area contributed by atoms with Crippen molar-refractivity contribution in [3.8, 4) is 23.0 Å². The van der Waals surface area contributed by atoms with E-state index in [0.717, 1.165) is 12.1 Å². The molecule has 5 aromatic rings. The number of rotatable bonds is 10. The van der Waals surface area contributed by atoms with Crippen LogP contribution in [-0.4, -0.2) is 53.3 Å². The van der Waals surface area contributed by atoms with Gasteiger partial charge in [-0.05, 0) is 54.7 Å². The lowest BCUT2D eigenvalue weighted by atomic mass is 9.77. The summed E-state index contributed by atoms with van der Waals surface area (Å²) in [6.45, 7) is 0.250. The molecule has 57 heavy (non-hydrogen) atoms. The molecule has 2 aliphatic rings. The highest BCUT2D eigenvalue weighted by Crippen LogP contribution is 2.49. The number of aromatic nitrogens is 5. The Morgan fingerprint density at radius 2 is 1.74 bits per heavy atom. The molecule has 3 N–H and O–H groups in total. The lowest BCUT2D eigenvalue weighted by Gasteiger charge is -2.39. The maximum absolute atomic E-state index is 15.3. The van der Waals surface area contributed by atoms with Crippen LogP contribution in [0, 0.1) is 29.4 Å². The first-order valence-corrected chi connectivity index (χ1v) is 19.0. The maximum atomic E-state index is 15.3. The van der Waals surface area contributed by atoms with Gasteiger partial charge in [-0.1, -0.05) is 42.5 Å². The molecule has 3 heterocycles. The molecule has 1 amide bonds. The molecule has 0 aliphatic heterocycles. The van der Waals surface area contributed by atoms with Crippen molar-refractivity contribution in [2.24, 2.45) is 13.0 Å². The van der Waals surface area contributed by atoms with Crippen LogP contribution in [0.3, 0.4) is 0 Å². The molecule has 2 atom stereocenters. The Morgan fingerprint density at radius 1 is 1.05 bits per heavy atom. The third-order valence-electron chi connectivity index (χ3n) is 9.93. The predicted molar refractivity (Wildman–Crippen MR) is 197 cm³/mol. The molecule has 0 unspecified atom stereocenters. The summed E-state index contributed by atoms with van der Waals surface area (Å²) < 4.78 is 120. The number of fused-ring (bicyclic) bond motifs is 2. The average Bonchev–Trinajstić information content (AvgIpc) is 3.71. The third kappa shape index (κ3) is 7.76. The number of nitrogens with zero attached hydrogens (tertiary/aromatic N) is 5. The van der Waals surface area contributed by atoms with Gasteiger partial charge in [0.25, 0.3) is 18.3 Å². The Morgan fingerprint density at radius 3 is 2.39 bits per heavy atom. The van der Waals surface area contributed by atoms with Crippen molar-refractivity contribution in [3.63, 3.8) is 0 Å². The van der Waals surface area contributed by atoms with Crippen LogP contribution in [0.15, 0.2) is 42.5 Å². The lowest BCUT2D eigenvalue weighted by Crippen LogP contribution is -2.50. The van der Waals surface area contributed by atoms with E-state index in [0.29, 0.717) is 43.6 Å². The number of carbonyl (C=O) groups is 1. The van der Waals surface area contributed by atoms with Gasteiger partial charge >= 0.3 is 0 Å². The van der Waals surface area contributed by atoms with Crippen LogP contribution in [0.5, 0.6) is 0 Å². The zero-order valence-corrected chi connectivity index (χ0v) is 31.8. The number of aliphatic hydroxyl groups is 1. The van der Waals surface area contributed by atoms with Gasteiger partial charge in [-0.2, -0.15) is 19.0 Å². The van der Waals surface area contributed by atoms with E-state index in [-0.39, 0.29) is 35.4 Å². The minimum absolute atomic E-state index is 0.00728. The summed E-state index contributed by atoms with van der Waals surface area (Å²) in [6, 6.07) is 7.53. The van der Waals surface area contributed by atoms with Gasteiger partial charge < -0.3 is 15.1 Å². The van der Waals surface area contributed by atoms with Crippen molar-refractivity contribution in [2.75, 3.05) is 11.0 Å². The van der Waals surface area contributed by atoms with E-state index < -0.39 is 84.1 Å². The SMILES string of the molecule is CSNc1nn(C)c2c(-c3ccc(C#CC4(O)CC(F)(F)C4)nc3[C@H](Cc3cc(F)cc(F)c3)NC(=O)Cn3nc(C(F)F)c4c3C(F)(F)[C@H](C)C4)ccc(Cl)c12. The van der Waals surface area contributed by atoms with Gasteiger partial charge in [-0.25, -0.2) is 31.3 Å². The van der Waals surface area contributed by atoms with E-state index in [4.69, 9.17) is 11.6 Å². The number of benzene rings is 2. The molecule has 300 valence electrons. The molecule has 7 rings (SSSR count). The molecule has 9 nitrogen and oxygen atoms in total. The van der Waals surface area contributed by atoms with Gasteiger partial charge in [0, 0.05) is 42.0 Å². The Hall–Kier alpha value is -4.86. The normalized spacial score (nSPS) is 18.2. The first-order valence-electron chi connectivity index (χ1n) is 17.4. The van der Waals surface area contributed by atoms with Gasteiger partial charge in [0.15, 0.2) is 5.82 Å². The molecule has 2 aromatic carbocycles. The van der Waals surface area contributed by atoms with Crippen molar-refractivity contribution < 1.29 is 45.0 Å². The Balaban J connectivity index is 1.38. The lowest BCUT2D eigenvalue weighted by molar-refractivity contribution is -0.176. The minimum Gasteiger partial charge on any atom is -0.377 e. The number of hydrogen-bond donors (Lipinski definition) is 3. The third-order valence-corrected chi connectivity index (χ3v) is 10.6. The second-order valence-electron chi connectivity index (χ2n) is 14.2. The summed E-state index contributed by atoms with van der Waals surface area (Å²) in [4.78, 5) is 18.6.